The zero-order valence-corrected chi connectivity index (χ0v) is 19.4. The normalized spacial score (nSPS) is 20.8. The lowest BCUT2D eigenvalue weighted by atomic mass is 10.2. The van der Waals surface area contributed by atoms with Crippen molar-refractivity contribution in [3.05, 3.63) is 35.9 Å². The van der Waals surface area contributed by atoms with Crippen LogP contribution >= 0.6 is 0 Å². The van der Waals surface area contributed by atoms with Crippen LogP contribution in [-0.4, -0.2) is 91.5 Å². The molecule has 0 spiro atoms. The Bertz CT molecular complexity index is 687. The summed E-state index contributed by atoms with van der Waals surface area (Å²) in [6, 6.07) is 11.0. The van der Waals surface area contributed by atoms with Gasteiger partial charge in [-0.15, -0.1) is 0 Å². The van der Waals surface area contributed by atoms with Crippen molar-refractivity contribution in [1.82, 2.24) is 25.3 Å². The Morgan fingerprint density at radius 2 is 1.81 bits per heavy atom. The van der Waals surface area contributed by atoms with Crippen LogP contribution in [0.2, 0.25) is 0 Å². The number of aliphatic imine (C=N–C) groups is 1. The van der Waals surface area contributed by atoms with Crippen LogP contribution < -0.4 is 10.6 Å². The van der Waals surface area contributed by atoms with E-state index in [1.165, 1.54) is 5.56 Å². The number of hydrogen-bond acceptors (Lipinski definition) is 4. The standard InChI is InChI=1S/C24H40N6O/c1-3-23(31)30-14-11-22(20-30)27-24(25-4-2)26-12-8-13-28-15-17-29(18-16-28)19-21-9-6-5-7-10-21/h5-7,9-10,22H,3-4,8,11-20H2,1-2H3,(H2,25,26,27). The van der Waals surface area contributed by atoms with Crippen LogP contribution in [0.1, 0.15) is 38.7 Å². The Kier molecular flexibility index (Phi) is 9.62. The topological polar surface area (TPSA) is 63.2 Å². The second-order valence-electron chi connectivity index (χ2n) is 8.54. The Labute approximate surface area is 187 Å². The lowest BCUT2D eigenvalue weighted by Crippen LogP contribution is -2.46. The lowest BCUT2D eigenvalue weighted by Gasteiger charge is -2.34. The number of benzene rings is 1. The number of carbonyl (C=O) groups is 1. The third kappa shape index (κ3) is 7.82. The van der Waals surface area contributed by atoms with Crippen molar-refractivity contribution in [2.45, 2.75) is 45.7 Å². The molecule has 1 unspecified atom stereocenters. The SMILES string of the molecule is CCNC(=NCCCN1CCN(Cc2ccccc2)CC1)NC1CCN(C(=O)CC)C1. The number of nitrogens with one attached hydrogen (secondary N) is 2. The molecular weight excluding hydrogens is 388 g/mol. The van der Waals surface area contributed by atoms with E-state index < -0.39 is 0 Å². The predicted molar refractivity (Wildman–Crippen MR) is 127 cm³/mol. The summed E-state index contributed by atoms with van der Waals surface area (Å²) in [5, 5.41) is 6.87. The van der Waals surface area contributed by atoms with E-state index in [1.54, 1.807) is 0 Å². The maximum Gasteiger partial charge on any atom is 0.222 e. The summed E-state index contributed by atoms with van der Waals surface area (Å²) in [5.41, 5.74) is 1.40. The third-order valence-electron chi connectivity index (χ3n) is 6.14. The second-order valence-corrected chi connectivity index (χ2v) is 8.54. The monoisotopic (exact) mass is 428 g/mol. The Hall–Kier alpha value is -2.12. The van der Waals surface area contributed by atoms with E-state index in [0.29, 0.717) is 12.5 Å². The molecule has 3 rings (SSSR count). The van der Waals surface area contributed by atoms with E-state index in [9.17, 15) is 4.79 Å². The third-order valence-corrected chi connectivity index (χ3v) is 6.14. The van der Waals surface area contributed by atoms with Crippen LogP contribution in [0.3, 0.4) is 0 Å². The highest BCUT2D eigenvalue weighted by Crippen LogP contribution is 2.11. The van der Waals surface area contributed by atoms with Crippen molar-refractivity contribution in [3.63, 3.8) is 0 Å². The van der Waals surface area contributed by atoms with Gasteiger partial charge in [0.05, 0.1) is 0 Å². The summed E-state index contributed by atoms with van der Waals surface area (Å²) in [4.78, 5) is 23.7. The smallest absolute Gasteiger partial charge is 0.222 e. The van der Waals surface area contributed by atoms with Gasteiger partial charge in [-0.25, -0.2) is 0 Å². The fraction of sp³-hybridized carbons (Fsp3) is 0.667. The summed E-state index contributed by atoms with van der Waals surface area (Å²) in [5.74, 6) is 1.13. The minimum atomic E-state index is 0.245. The van der Waals surface area contributed by atoms with Gasteiger partial charge in [-0.05, 0) is 25.3 Å². The maximum absolute atomic E-state index is 11.9. The lowest BCUT2D eigenvalue weighted by molar-refractivity contribution is -0.129. The largest absolute Gasteiger partial charge is 0.357 e. The molecule has 0 aliphatic carbocycles. The first kappa shape index (κ1) is 23.5. The van der Waals surface area contributed by atoms with Crippen LogP contribution in [0.25, 0.3) is 0 Å². The fourth-order valence-corrected chi connectivity index (χ4v) is 4.34. The quantitative estimate of drug-likeness (QED) is 0.357. The molecule has 31 heavy (non-hydrogen) atoms. The number of amides is 1. The molecule has 2 N–H and O–H groups in total. The van der Waals surface area contributed by atoms with E-state index in [-0.39, 0.29) is 5.91 Å². The number of likely N-dealkylation sites (tertiary alicyclic amines) is 1. The number of piperazine rings is 1. The van der Waals surface area contributed by atoms with Gasteiger partial charge in [-0.1, -0.05) is 37.3 Å². The molecule has 2 heterocycles. The number of nitrogens with zero attached hydrogens (tertiary/aromatic N) is 4. The van der Waals surface area contributed by atoms with Gasteiger partial charge < -0.3 is 20.4 Å². The molecule has 1 atom stereocenters. The highest BCUT2D eigenvalue weighted by molar-refractivity contribution is 5.80. The number of hydrogen-bond donors (Lipinski definition) is 2. The van der Waals surface area contributed by atoms with Gasteiger partial charge in [0.1, 0.15) is 0 Å². The van der Waals surface area contributed by atoms with Gasteiger partial charge in [0.2, 0.25) is 5.91 Å². The fourth-order valence-electron chi connectivity index (χ4n) is 4.34. The summed E-state index contributed by atoms with van der Waals surface area (Å²) < 4.78 is 0. The van der Waals surface area contributed by atoms with E-state index in [4.69, 9.17) is 4.99 Å². The molecular formula is C24H40N6O. The van der Waals surface area contributed by atoms with Gasteiger partial charge in [0.15, 0.2) is 5.96 Å². The Balaban J connectivity index is 1.33. The van der Waals surface area contributed by atoms with E-state index >= 15 is 0 Å². The molecule has 2 aliphatic heterocycles. The number of carbonyl (C=O) groups excluding carboxylic acids is 1. The number of rotatable bonds is 9. The molecule has 7 heteroatoms. The van der Waals surface area contributed by atoms with Gasteiger partial charge in [-0.2, -0.15) is 0 Å². The van der Waals surface area contributed by atoms with Crippen molar-refractivity contribution in [1.29, 1.82) is 0 Å². The average Bonchev–Trinajstić information content (AvgIpc) is 3.26. The van der Waals surface area contributed by atoms with Crippen molar-refractivity contribution < 1.29 is 4.79 Å². The van der Waals surface area contributed by atoms with Crippen molar-refractivity contribution in [2.75, 3.05) is 58.9 Å². The molecule has 0 bridgehead atoms. The van der Waals surface area contributed by atoms with Gasteiger partial charge in [0.25, 0.3) is 0 Å². The van der Waals surface area contributed by atoms with Crippen molar-refractivity contribution in [3.8, 4) is 0 Å². The molecule has 1 aromatic carbocycles. The molecule has 1 amide bonds. The summed E-state index contributed by atoms with van der Waals surface area (Å²) >= 11 is 0. The predicted octanol–water partition coefficient (Wildman–Crippen LogP) is 1.76. The van der Waals surface area contributed by atoms with Crippen LogP contribution in [-0.2, 0) is 11.3 Å². The molecule has 172 valence electrons. The molecule has 0 aromatic heterocycles. The average molecular weight is 429 g/mol. The Morgan fingerprint density at radius 3 is 2.52 bits per heavy atom. The van der Waals surface area contributed by atoms with E-state index in [0.717, 1.165) is 84.2 Å². The van der Waals surface area contributed by atoms with E-state index in [1.807, 2.05) is 11.8 Å². The van der Waals surface area contributed by atoms with Gasteiger partial charge in [-0.3, -0.25) is 14.7 Å². The molecule has 2 fully saturated rings. The van der Waals surface area contributed by atoms with Crippen LogP contribution in [0.4, 0.5) is 0 Å². The van der Waals surface area contributed by atoms with E-state index in [2.05, 4.69) is 57.7 Å². The van der Waals surface area contributed by atoms with Crippen molar-refractivity contribution >= 4 is 11.9 Å². The van der Waals surface area contributed by atoms with Crippen LogP contribution in [0.5, 0.6) is 0 Å². The summed E-state index contributed by atoms with van der Waals surface area (Å²) in [6.07, 6.45) is 2.64. The molecule has 2 aliphatic rings. The highest BCUT2D eigenvalue weighted by atomic mass is 16.2. The maximum atomic E-state index is 11.9. The van der Waals surface area contributed by atoms with Crippen LogP contribution in [0.15, 0.2) is 35.3 Å². The van der Waals surface area contributed by atoms with Gasteiger partial charge in [0, 0.05) is 77.9 Å². The first-order chi connectivity index (χ1) is 15.2. The van der Waals surface area contributed by atoms with Crippen LogP contribution in [0, 0.1) is 0 Å². The minimum absolute atomic E-state index is 0.245. The summed E-state index contributed by atoms with van der Waals surface area (Å²) in [6.45, 7) is 14.0. The first-order valence-electron chi connectivity index (χ1n) is 12.0. The zero-order valence-electron chi connectivity index (χ0n) is 19.4. The molecule has 0 saturated carbocycles. The minimum Gasteiger partial charge on any atom is -0.357 e. The molecule has 2 saturated heterocycles. The highest BCUT2D eigenvalue weighted by Gasteiger charge is 2.25. The first-order valence-corrected chi connectivity index (χ1v) is 12.0. The number of guanidine groups is 1. The van der Waals surface area contributed by atoms with Gasteiger partial charge >= 0.3 is 0 Å². The zero-order chi connectivity index (χ0) is 21.9. The second kappa shape index (κ2) is 12.7. The molecule has 7 nitrogen and oxygen atoms in total. The molecule has 1 aromatic rings. The molecule has 0 radical (unpaired) electrons. The Morgan fingerprint density at radius 1 is 1.06 bits per heavy atom. The van der Waals surface area contributed by atoms with Crippen molar-refractivity contribution in [2.24, 2.45) is 4.99 Å². The summed E-state index contributed by atoms with van der Waals surface area (Å²) in [7, 11) is 0.